The molecule has 1 aromatic carbocycles. The van der Waals surface area contributed by atoms with E-state index in [2.05, 4.69) is 9.71 Å². The van der Waals surface area contributed by atoms with Crippen LogP contribution in [0, 0.1) is 5.92 Å². The van der Waals surface area contributed by atoms with Crippen LogP contribution in [0.3, 0.4) is 0 Å². The summed E-state index contributed by atoms with van der Waals surface area (Å²) in [5, 5.41) is 0.467. The number of sulfonamides is 1. The van der Waals surface area contributed by atoms with E-state index >= 15 is 0 Å². The van der Waals surface area contributed by atoms with Gasteiger partial charge < -0.3 is 16.5 Å². The fourth-order valence-electron chi connectivity index (χ4n) is 2.09. The molecule has 2 rings (SSSR count). The molecule has 2 aromatic rings. The van der Waals surface area contributed by atoms with Gasteiger partial charge >= 0.3 is 0 Å². The molecule has 1 atom stereocenters. The number of nitrogen functional groups attached to an aromatic ring is 1. The Morgan fingerprint density at radius 2 is 2.00 bits per heavy atom. The number of nitrogens with one attached hydrogen (secondary N) is 2. The number of primary amides is 1. The van der Waals surface area contributed by atoms with Gasteiger partial charge in [-0.1, -0.05) is 13.8 Å². The van der Waals surface area contributed by atoms with E-state index in [1.807, 2.05) is 0 Å². The molecule has 0 aliphatic heterocycles. The zero-order valence-electron chi connectivity index (χ0n) is 11.8. The van der Waals surface area contributed by atoms with Crippen LogP contribution in [-0.4, -0.2) is 25.4 Å². The molecular weight excluding hydrogens is 292 g/mol. The smallest absolute Gasteiger partial charge is 0.243 e. The number of carbonyl (C=O) groups excluding carboxylic acids is 1. The molecule has 1 amide bonds. The maximum Gasteiger partial charge on any atom is 0.243 e. The minimum absolute atomic E-state index is 0.0386. The first kappa shape index (κ1) is 15.3. The molecule has 0 saturated heterocycles. The van der Waals surface area contributed by atoms with Crippen molar-refractivity contribution in [2.45, 2.75) is 24.8 Å². The molecule has 21 heavy (non-hydrogen) atoms. The second-order valence-electron chi connectivity index (χ2n) is 5.20. The lowest BCUT2D eigenvalue weighted by Crippen LogP contribution is -2.47. The highest BCUT2D eigenvalue weighted by Crippen LogP contribution is 2.25. The first-order chi connectivity index (χ1) is 9.72. The van der Waals surface area contributed by atoms with E-state index in [1.165, 1.54) is 6.20 Å². The van der Waals surface area contributed by atoms with E-state index in [4.69, 9.17) is 11.5 Å². The van der Waals surface area contributed by atoms with Gasteiger partial charge in [0.1, 0.15) is 10.9 Å². The van der Waals surface area contributed by atoms with Crippen molar-refractivity contribution in [2.24, 2.45) is 11.7 Å². The lowest BCUT2D eigenvalue weighted by Gasteiger charge is -2.18. The zero-order chi connectivity index (χ0) is 15.8. The van der Waals surface area contributed by atoms with Crippen LogP contribution in [-0.2, 0) is 14.8 Å². The van der Waals surface area contributed by atoms with Crippen LogP contribution in [0.1, 0.15) is 13.8 Å². The van der Waals surface area contributed by atoms with Gasteiger partial charge in [0.05, 0.1) is 0 Å². The number of anilines is 1. The second kappa shape index (κ2) is 5.38. The Labute approximate surface area is 122 Å². The number of rotatable bonds is 5. The molecule has 1 heterocycles. The number of aromatic amines is 1. The lowest BCUT2D eigenvalue weighted by atomic mass is 10.1. The molecule has 0 saturated carbocycles. The van der Waals surface area contributed by atoms with Crippen LogP contribution in [0.25, 0.3) is 10.9 Å². The Morgan fingerprint density at radius 1 is 1.33 bits per heavy atom. The maximum absolute atomic E-state index is 12.5. The van der Waals surface area contributed by atoms with Crippen molar-refractivity contribution in [1.29, 1.82) is 0 Å². The molecule has 1 aromatic heterocycles. The fraction of sp³-hybridized carbons (Fsp3) is 0.308. The molecule has 0 aliphatic carbocycles. The predicted molar refractivity (Wildman–Crippen MR) is 80.9 cm³/mol. The van der Waals surface area contributed by atoms with Gasteiger partial charge in [0.25, 0.3) is 0 Å². The van der Waals surface area contributed by atoms with Crippen molar-refractivity contribution in [3.05, 3.63) is 24.4 Å². The summed E-state index contributed by atoms with van der Waals surface area (Å²) in [5.41, 5.74) is 12.0. The number of hydrogen-bond acceptors (Lipinski definition) is 4. The highest BCUT2D eigenvalue weighted by molar-refractivity contribution is 7.89. The minimum atomic E-state index is -3.89. The van der Waals surface area contributed by atoms with Crippen LogP contribution >= 0.6 is 0 Å². The normalized spacial score (nSPS) is 13.7. The molecular formula is C13H18N4O3S. The topological polar surface area (TPSA) is 131 Å². The number of aromatic nitrogens is 1. The van der Waals surface area contributed by atoms with Crippen LogP contribution in [0.5, 0.6) is 0 Å². The van der Waals surface area contributed by atoms with E-state index in [-0.39, 0.29) is 10.8 Å². The van der Waals surface area contributed by atoms with Gasteiger partial charge in [-0.15, -0.1) is 0 Å². The zero-order valence-corrected chi connectivity index (χ0v) is 12.6. The van der Waals surface area contributed by atoms with Gasteiger partial charge in [-0.05, 0) is 24.1 Å². The molecule has 6 N–H and O–H groups in total. The Hall–Kier alpha value is -2.06. The summed E-state index contributed by atoms with van der Waals surface area (Å²) < 4.78 is 27.3. The summed E-state index contributed by atoms with van der Waals surface area (Å²) in [6.45, 7) is 3.43. The Balaban J connectivity index is 2.47. The summed E-state index contributed by atoms with van der Waals surface area (Å²) in [7, 11) is -3.89. The highest BCUT2D eigenvalue weighted by Gasteiger charge is 2.28. The SMILES string of the molecule is CC(C)C(NS(=O)(=O)c1c[nH]c2ccc(N)cc12)C(N)=O. The molecule has 114 valence electrons. The van der Waals surface area contributed by atoms with E-state index in [0.29, 0.717) is 16.6 Å². The quantitative estimate of drug-likeness (QED) is 0.600. The predicted octanol–water partition coefficient (Wildman–Crippen LogP) is 0.538. The summed E-state index contributed by atoms with van der Waals surface area (Å²) in [5.74, 6) is -0.972. The Kier molecular flexibility index (Phi) is 3.93. The molecule has 1 unspecified atom stereocenters. The van der Waals surface area contributed by atoms with Gasteiger partial charge in [0.15, 0.2) is 0 Å². The van der Waals surface area contributed by atoms with Crippen molar-refractivity contribution in [1.82, 2.24) is 9.71 Å². The van der Waals surface area contributed by atoms with Crippen molar-refractivity contribution >= 4 is 32.5 Å². The monoisotopic (exact) mass is 310 g/mol. The van der Waals surface area contributed by atoms with E-state index in [0.717, 1.165) is 0 Å². The van der Waals surface area contributed by atoms with Crippen LogP contribution < -0.4 is 16.2 Å². The number of fused-ring (bicyclic) bond motifs is 1. The summed E-state index contributed by atoms with van der Waals surface area (Å²) in [6, 6.07) is 3.96. The largest absolute Gasteiger partial charge is 0.399 e. The van der Waals surface area contributed by atoms with Crippen LogP contribution in [0.4, 0.5) is 5.69 Å². The Morgan fingerprint density at radius 3 is 2.57 bits per heavy atom. The van der Waals surface area contributed by atoms with Gasteiger partial charge in [-0.2, -0.15) is 4.72 Å². The van der Waals surface area contributed by atoms with Crippen molar-refractivity contribution < 1.29 is 13.2 Å². The summed E-state index contributed by atoms with van der Waals surface area (Å²) >= 11 is 0. The number of carbonyl (C=O) groups is 1. The average Bonchev–Trinajstić information content (AvgIpc) is 2.79. The Bertz CT molecular complexity index is 780. The molecule has 0 radical (unpaired) electrons. The van der Waals surface area contributed by atoms with Crippen LogP contribution in [0.15, 0.2) is 29.3 Å². The van der Waals surface area contributed by atoms with Crippen LogP contribution in [0.2, 0.25) is 0 Å². The van der Waals surface area contributed by atoms with E-state index < -0.39 is 22.0 Å². The van der Waals surface area contributed by atoms with Crippen molar-refractivity contribution in [3.63, 3.8) is 0 Å². The maximum atomic E-state index is 12.5. The fourth-order valence-corrected chi connectivity index (χ4v) is 3.61. The van der Waals surface area contributed by atoms with Gasteiger partial charge in [0.2, 0.25) is 15.9 Å². The number of benzene rings is 1. The van der Waals surface area contributed by atoms with Gasteiger partial charge in [-0.3, -0.25) is 4.79 Å². The number of hydrogen-bond donors (Lipinski definition) is 4. The van der Waals surface area contributed by atoms with Gasteiger partial charge in [-0.25, -0.2) is 8.42 Å². The number of amides is 1. The second-order valence-corrected chi connectivity index (χ2v) is 6.89. The molecule has 7 nitrogen and oxygen atoms in total. The number of H-pyrrole nitrogens is 1. The lowest BCUT2D eigenvalue weighted by molar-refractivity contribution is -0.120. The third-order valence-corrected chi connectivity index (χ3v) is 4.69. The summed E-state index contributed by atoms with van der Waals surface area (Å²) in [6.07, 6.45) is 1.37. The highest BCUT2D eigenvalue weighted by atomic mass is 32.2. The molecule has 0 fully saturated rings. The molecule has 0 spiro atoms. The minimum Gasteiger partial charge on any atom is -0.399 e. The molecule has 0 aliphatic rings. The molecule has 0 bridgehead atoms. The number of nitrogens with two attached hydrogens (primary N) is 2. The van der Waals surface area contributed by atoms with Crippen molar-refractivity contribution in [2.75, 3.05) is 5.73 Å². The first-order valence-electron chi connectivity index (χ1n) is 6.40. The van der Waals surface area contributed by atoms with E-state index in [9.17, 15) is 13.2 Å². The van der Waals surface area contributed by atoms with Gasteiger partial charge in [0, 0.05) is 22.8 Å². The average molecular weight is 310 g/mol. The first-order valence-corrected chi connectivity index (χ1v) is 7.89. The third-order valence-electron chi connectivity index (χ3n) is 3.21. The standard InChI is InChI=1S/C13H18N4O3S/c1-7(2)12(13(15)18)17-21(19,20)11-6-16-10-4-3-8(14)5-9(10)11/h3-7,12,16-17H,14H2,1-2H3,(H2,15,18). The third kappa shape index (κ3) is 3.01. The summed E-state index contributed by atoms with van der Waals surface area (Å²) in [4.78, 5) is 14.3. The van der Waals surface area contributed by atoms with E-state index in [1.54, 1.807) is 32.0 Å². The van der Waals surface area contributed by atoms with Crippen molar-refractivity contribution in [3.8, 4) is 0 Å². The molecule has 8 heteroatoms.